The minimum Gasteiger partial charge on any atom is -0.357 e. The topological polar surface area (TPSA) is 53.2 Å². The van der Waals surface area contributed by atoms with Gasteiger partial charge in [-0.15, -0.1) is 0 Å². The minimum atomic E-state index is -0.714. The molecule has 2 saturated carbocycles. The quantitative estimate of drug-likeness (QED) is 0.376. The van der Waals surface area contributed by atoms with Gasteiger partial charge in [-0.05, 0) is 67.5 Å². The van der Waals surface area contributed by atoms with Crippen molar-refractivity contribution in [3.8, 4) is 0 Å². The highest BCUT2D eigenvalue weighted by Gasteiger charge is 2.52. The molecule has 2 aromatic rings. The molecule has 2 fully saturated rings. The Labute approximate surface area is 210 Å². The maximum atomic E-state index is 14.1. The molecule has 3 N–H and O–H groups in total. The lowest BCUT2D eigenvalue weighted by Gasteiger charge is -2.44. The Morgan fingerprint density at radius 1 is 0.909 bits per heavy atom. The van der Waals surface area contributed by atoms with Crippen molar-refractivity contribution in [2.45, 2.75) is 75.9 Å². The van der Waals surface area contributed by atoms with E-state index < -0.39 is 5.66 Å². The zero-order chi connectivity index (χ0) is 22.8. The van der Waals surface area contributed by atoms with E-state index in [1.165, 1.54) is 38.5 Å². The number of carbonyl (C=O) groups is 1. The van der Waals surface area contributed by atoms with Gasteiger partial charge in [0.1, 0.15) is 5.66 Å². The van der Waals surface area contributed by atoms with Crippen LogP contribution < -0.4 is 16.0 Å². The van der Waals surface area contributed by atoms with E-state index in [2.05, 4.69) is 56.1 Å². The van der Waals surface area contributed by atoms with Crippen LogP contribution in [0.4, 0.5) is 11.4 Å². The number of benzene rings is 2. The molecule has 3 aliphatic rings. The normalized spacial score (nSPS) is 24.4. The third-order valence-electron chi connectivity index (χ3n) is 7.77. The lowest BCUT2D eigenvalue weighted by atomic mass is 9.71. The van der Waals surface area contributed by atoms with E-state index in [1.807, 2.05) is 18.2 Å². The van der Waals surface area contributed by atoms with Gasteiger partial charge in [-0.2, -0.15) is 0 Å². The number of hydrogen-bond donors (Lipinski definition) is 3. The summed E-state index contributed by atoms with van der Waals surface area (Å²) in [7, 11) is 0. The lowest BCUT2D eigenvalue weighted by molar-refractivity contribution is -0.130. The summed E-state index contributed by atoms with van der Waals surface area (Å²) in [5, 5.41) is 11.8. The average Bonchev–Trinajstić information content (AvgIpc) is 3.20. The standard InChI is InChI=1S/C27H33BrClN3O/c28-20-13-16-23-24(17-20)32-27(31-23,19-11-14-21(29)15-12-19)25(18-7-3-1-4-8-18)26(33)30-22-9-5-2-6-10-22/h11-18,22,25,31-32H,1-10H2,(H,30,33). The van der Waals surface area contributed by atoms with Gasteiger partial charge in [0.25, 0.3) is 0 Å². The molecule has 1 amide bonds. The van der Waals surface area contributed by atoms with E-state index in [0.717, 1.165) is 47.1 Å². The molecule has 0 radical (unpaired) electrons. The van der Waals surface area contributed by atoms with Crippen molar-refractivity contribution < 1.29 is 4.79 Å². The summed E-state index contributed by atoms with van der Waals surface area (Å²) in [6.07, 6.45) is 11.7. The van der Waals surface area contributed by atoms with Gasteiger partial charge in [-0.3, -0.25) is 4.79 Å². The second kappa shape index (κ2) is 9.87. The smallest absolute Gasteiger partial charge is 0.228 e. The van der Waals surface area contributed by atoms with E-state index in [0.29, 0.717) is 10.9 Å². The Bertz CT molecular complexity index is 985. The fourth-order valence-corrected chi connectivity index (χ4v) is 6.63. The largest absolute Gasteiger partial charge is 0.357 e. The zero-order valence-electron chi connectivity index (χ0n) is 19.0. The summed E-state index contributed by atoms with van der Waals surface area (Å²) in [6, 6.07) is 14.5. The Hall–Kier alpha value is -1.72. The van der Waals surface area contributed by atoms with Crippen molar-refractivity contribution in [2.24, 2.45) is 11.8 Å². The predicted molar refractivity (Wildman–Crippen MR) is 140 cm³/mol. The van der Waals surface area contributed by atoms with Gasteiger partial charge in [-0.1, -0.05) is 78.2 Å². The fourth-order valence-electron chi connectivity index (χ4n) is 6.15. The van der Waals surface area contributed by atoms with Crippen LogP contribution in [-0.4, -0.2) is 11.9 Å². The molecule has 2 aromatic carbocycles. The number of nitrogens with one attached hydrogen (secondary N) is 3. The van der Waals surface area contributed by atoms with Crippen LogP contribution >= 0.6 is 27.5 Å². The second-order valence-electron chi connectivity index (χ2n) is 9.97. The second-order valence-corrected chi connectivity index (χ2v) is 11.3. The summed E-state index contributed by atoms with van der Waals surface area (Å²) in [6.45, 7) is 0. The Morgan fingerprint density at radius 3 is 2.24 bits per heavy atom. The minimum absolute atomic E-state index is 0.177. The Balaban J connectivity index is 1.57. The number of halogens is 2. The SMILES string of the molecule is O=C(NC1CCCCC1)C(C1CCCCC1)C1(c2ccc(Cl)cc2)Nc2ccc(Br)cc2N1. The molecule has 0 bridgehead atoms. The number of amides is 1. The highest BCUT2D eigenvalue weighted by molar-refractivity contribution is 9.10. The van der Waals surface area contributed by atoms with Gasteiger partial charge in [-0.25, -0.2) is 0 Å². The highest BCUT2D eigenvalue weighted by atomic mass is 79.9. The Kier molecular flexibility index (Phi) is 6.89. The molecular weight excluding hydrogens is 498 g/mol. The van der Waals surface area contributed by atoms with Crippen LogP contribution in [0.5, 0.6) is 0 Å². The molecule has 2 atom stereocenters. The molecule has 2 unspecified atom stereocenters. The third kappa shape index (κ3) is 4.77. The van der Waals surface area contributed by atoms with Crippen molar-refractivity contribution >= 4 is 44.8 Å². The lowest BCUT2D eigenvalue weighted by Crippen LogP contribution is -2.56. The number of hydrogen-bond acceptors (Lipinski definition) is 3. The average molecular weight is 531 g/mol. The highest BCUT2D eigenvalue weighted by Crippen LogP contribution is 2.49. The van der Waals surface area contributed by atoms with Crippen LogP contribution in [0.3, 0.4) is 0 Å². The van der Waals surface area contributed by atoms with E-state index >= 15 is 0 Å². The van der Waals surface area contributed by atoms with Crippen LogP contribution in [-0.2, 0) is 10.5 Å². The first-order valence-electron chi connectivity index (χ1n) is 12.5. The van der Waals surface area contributed by atoms with Gasteiger partial charge >= 0.3 is 0 Å². The molecular formula is C27H33BrClN3O. The van der Waals surface area contributed by atoms with Crippen LogP contribution in [0.2, 0.25) is 5.02 Å². The first kappa shape index (κ1) is 23.0. The maximum absolute atomic E-state index is 14.1. The van der Waals surface area contributed by atoms with Gasteiger partial charge in [0, 0.05) is 15.5 Å². The fraction of sp³-hybridized carbons (Fsp3) is 0.519. The van der Waals surface area contributed by atoms with Crippen molar-refractivity contribution in [3.63, 3.8) is 0 Å². The number of carbonyl (C=O) groups excluding carboxylic acids is 1. The van der Waals surface area contributed by atoms with Gasteiger partial charge in [0.15, 0.2) is 0 Å². The molecule has 33 heavy (non-hydrogen) atoms. The molecule has 1 aliphatic heterocycles. The zero-order valence-corrected chi connectivity index (χ0v) is 21.4. The summed E-state index contributed by atoms with van der Waals surface area (Å²) in [4.78, 5) is 14.1. The van der Waals surface area contributed by atoms with Crippen LogP contribution in [0.1, 0.15) is 69.8 Å². The Morgan fingerprint density at radius 2 is 1.55 bits per heavy atom. The molecule has 5 rings (SSSR count). The van der Waals surface area contributed by atoms with E-state index in [1.54, 1.807) is 0 Å². The summed E-state index contributed by atoms with van der Waals surface area (Å²) < 4.78 is 1.02. The van der Waals surface area contributed by atoms with Crippen molar-refractivity contribution in [3.05, 3.63) is 57.5 Å². The first-order valence-corrected chi connectivity index (χ1v) is 13.6. The van der Waals surface area contributed by atoms with E-state index in [9.17, 15) is 4.79 Å². The van der Waals surface area contributed by atoms with Gasteiger partial charge in [0.05, 0.1) is 17.3 Å². The van der Waals surface area contributed by atoms with Gasteiger partial charge in [0.2, 0.25) is 5.91 Å². The number of anilines is 2. The maximum Gasteiger partial charge on any atom is 0.228 e. The molecule has 0 aromatic heterocycles. The molecule has 2 aliphatic carbocycles. The number of fused-ring (bicyclic) bond motifs is 1. The van der Waals surface area contributed by atoms with Crippen LogP contribution in [0.25, 0.3) is 0 Å². The molecule has 4 nitrogen and oxygen atoms in total. The predicted octanol–water partition coefficient (Wildman–Crippen LogP) is 7.44. The molecule has 176 valence electrons. The third-order valence-corrected chi connectivity index (χ3v) is 8.51. The van der Waals surface area contributed by atoms with Crippen LogP contribution in [0.15, 0.2) is 46.9 Å². The monoisotopic (exact) mass is 529 g/mol. The van der Waals surface area contributed by atoms with Crippen molar-refractivity contribution in [2.75, 3.05) is 10.6 Å². The summed E-state index contributed by atoms with van der Waals surface area (Å²) in [5.41, 5.74) is 2.38. The van der Waals surface area contributed by atoms with Crippen molar-refractivity contribution in [1.29, 1.82) is 0 Å². The molecule has 6 heteroatoms. The van der Waals surface area contributed by atoms with Gasteiger partial charge < -0.3 is 16.0 Å². The molecule has 0 spiro atoms. The molecule has 0 saturated heterocycles. The summed E-state index contributed by atoms with van der Waals surface area (Å²) >= 11 is 9.88. The van der Waals surface area contributed by atoms with Crippen molar-refractivity contribution in [1.82, 2.24) is 5.32 Å². The van der Waals surface area contributed by atoms with E-state index in [4.69, 9.17) is 11.6 Å². The molecule has 1 heterocycles. The van der Waals surface area contributed by atoms with Crippen LogP contribution in [0, 0.1) is 11.8 Å². The number of rotatable bonds is 5. The summed E-state index contributed by atoms with van der Waals surface area (Å²) in [5.74, 6) is 0.262. The van der Waals surface area contributed by atoms with E-state index in [-0.39, 0.29) is 17.9 Å². The first-order chi connectivity index (χ1) is 16.0.